The molecule has 0 amide bonds. The molecule has 0 aliphatic rings. The molecule has 0 saturated carbocycles. The first-order valence-corrected chi connectivity index (χ1v) is 6.47. The molecule has 1 rings (SSSR count). The van der Waals surface area contributed by atoms with Gasteiger partial charge in [0, 0.05) is 25.2 Å². The van der Waals surface area contributed by atoms with Crippen LogP contribution in [0, 0.1) is 0 Å². The molecule has 2 N–H and O–H groups in total. The lowest BCUT2D eigenvalue weighted by molar-refractivity contribution is 0.156. The molecular formula is C13H24FN3. The van der Waals surface area contributed by atoms with Gasteiger partial charge in [-0.3, -0.25) is 4.68 Å². The van der Waals surface area contributed by atoms with E-state index in [4.69, 9.17) is 5.73 Å². The lowest BCUT2D eigenvalue weighted by Gasteiger charge is -2.21. The molecule has 0 aliphatic carbocycles. The van der Waals surface area contributed by atoms with Gasteiger partial charge in [0.2, 0.25) is 0 Å². The van der Waals surface area contributed by atoms with E-state index < -0.39 is 5.67 Å². The van der Waals surface area contributed by atoms with Crippen molar-refractivity contribution in [1.82, 2.24) is 9.78 Å². The molecule has 4 heteroatoms. The summed E-state index contributed by atoms with van der Waals surface area (Å²) in [6.45, 7) is 6.26. The largest absolute Gasteiger partial charge is 0.328 e. The van der Waals surface area contributed by atoms with Crippen LogP contribution in [0.3, 0.4) is 0 Å². The third-order valence-electron chi connectivity index (χ3n) is 3.27. The van der Waals surface area contributed by atoms with Crippen molar-refractivity contribution < 1.29 is 4.39 Å². The summed E-state index contributed by atoms with van der Waals surface area (Å²) in [7, 11) is 0. The Bertz CT molecular complexity index is 337. The minimum atomic E-state index is -1.30. The lowest BCUT2D eigenvalue weighted by Crippen LogP contribution is -2.35. The number of hydrogen-bond donors (Lipinski definition) is 1. The van der Waals surface area contributed by atoms with E-state index >= 15 is 0 Å². The van der Waals surface area contributed by atoms with Crippen LogP contribution in [0.1, 0.15) is 51.8 Å². The van der Waals surface area contributed by atoms with Crippen LogP contribution in [0.25, 0.3) is 0 Å². The van der Waals surface area contributed by atoms with Crippen molar-refractivity contribution >= 4 is 0 Å². The lowest BCUT2D eigenvalue weighted by atomic mass is 9.95. The van der Waals surface area contributed by atoms with Crippen LogP contribution >= 0.6 is 0 Å². The Balaban J connectivity index is 2.70. The number of rotatable bonds is 7. The fourth-order valence-electron chi connectivity index (χ4n) is 1.94. The first-order valence-electron chi connectivity index (χ1n) is 6.47. The van der Waals surface area contributed by atoms with Gasteiger partial charge in [0.1, 0.15) is 5.67 Å². The van der Waals surface area contributed by atoms with E-state index in [0.717, 1.165) is 18.5 Å². The molecule has 2 unspecified atom stereocenters. The van der Waals surface area contributed by atoms with Gasteiger partial charge in [0.25, 0.3) is 0 Å². The van der Waals surface area contributed by atoms with Gasteiger partial charge in [-0.25, -0.2) is 4.39 Å². The Morgan fingerprint density at radius 3 is 2.76 bits per heavy atom. The molecule has 0 bridgehead atoms. The third-order valence-corrected chi connectivity index (χ3v) is 3.27. The zero-order valence-electron chi connectivity index (χ0n) is 11.1. The zero-order chi connectivity index (χ0) is 12.9. The van der Waals surface area contributed by atoms with E-state index in [-0.39, 0.29) is 6.54 Å². The van der Waals surface area contributed by atoms with Crippen molar-refractivity contribution in [2.45, 2.75) is 58.2 Å². The van der Waals surface area contributed by atoms with Crippen LogP contribution in [-0.2, 0) is 6.42 Å². The highest BCUT2D eigenvalue weighted by molar-refractivity contribution is 5.05. The summed E-state index contributed by atoms with van der Waals surface area (Å²) < 4.78 is 16.2. The summed E-state index contributed by atoms with van der Waals surface area (Å²) in [6, 6.07) is 2.26. The molecule has 0 aliphatic heterocycles. The molecule has 1 aromatic heterocycles. The highest BCUT2D eigenvalue weighted by atomic mass is 19.1. The first-order chi connectivity index (χ1) is 8.04. The van der Waals surface area contributed by atoms with Gasteiger partial charge in [0.15, 0.2) is 0 Å². The summed E-state index contributed by atoms with van der Waals surface area (Å²) in [5, 5.41) is 4.42. The monoisotopic (exact) mass is 241 g/mol. The van der Waals surface area contributed by atoms with Crippen LogP contribution in [0.4, 0.5) is 4.39 Å². The Labute approximate surface area is 103 Å². The average Bonchev–Trinajstić information content (AvgIpc) is 2.76. The number of hydrogen-bond acceptors (Lipinski definition) is 2. The van der Waals surface area contributed by atoms with Gasteiger partial charge in [-0.2, -0.15) is 5.10 Å². The van der Waals surface area contributed by atoms with Crippen LogP contribution in [0.5, 0.6) is 0 Å². The minimum absolute atomic E-state index is 0.0665. The molecule has 0 saturated heterocycles. The summed E-state index contributed by atoms with van der Waals surface area (Å²) in [6.07, 6.45) is 4.57. The maximum atomic E-state index is 14.3. The predicted molar refractivity (Wildman–Crippen MR) is 68.7 cm³/mol. The fourth-order valence-corrected chi connectivity index (χ4v) is 1.94. The van der Waals surface area contributed by atoms with Crippen molar-refractivity contribution in [2.75, 3.05) is 6.54 Å². The summed E-state index contributed by atoms with van der Waals surface area (Å²) >= 11 is 0. The van der Waals surface area contributed by atoms with Crippen LogP contribution in [-0.4, -0.2) is 22.0 Å². The van der Waals surface area contributed by atoms with E-state index in [9.17, 15) is 4.39 Å². The standard InChI is InChI=1S/C13H24FN3/c1-4-7-13(14,10-15)9-12-6-8-17(16-12)11(3)5-2/h6,8,11H,4-5,7,9-10,15H2,1-3H3. The van der Waals surface area contributed by atoms with Gasteiger partial charge in [-0.05, 0) is 25.8 Å². The molecule has 98 valence electrons. The Kier molecular flexibility index (Phi) is 5.12. The van der Waals surface area contributed by atoms with Gasteiger partial charge in [-0.1, -0.05) is 20.3 Å². The molecule has 0 aromatic carbocycles. The SMILES string of the molecule is CCCC(F)(CN)Cc1ccn(C(C)CC)n1. The number of nitrogens with two attached hydrogens (primary N) is 1. The number of nitrogens with zero attached hydrogens (tertiary/aromatic N) is 2. The second-order valence-corrected chi connectivity index (χ2v) is 4.83. The van der Waals surface area contributed by atoms with E-state index in [0.29, 0.717) is 18.9 Å². The van der Waals surface area contributed by atoms with Gasteiger partial charge >= 0.3 is 0 Å². The molecule has 2 atom stereocenters. The second-order valence-electron chi connectivity index (χ2n) is 4.83. The topological polar surface area (TPSA) is 43.8 Å². The van der Waals surface area contributed by atoms with Crippen molar-refractivity contribution in [3.05, 3.63) is 18.0 Å². The normalized spacial score (nSPS) is 16.8. The maximum absolute atomic E-state index is 14.3. The van der Waals surface area contributed by atoms with Gasteiger partial charge in [0.05, 0.1) is 5.69 Å². The molecule has 0 spiro atoms. The van der Waals surface area contributed by atoms with Crippen LogP contribution in [0.15, 0.2) is 12.3 Å². The number of halogens is 1. The Morgan fingerprint density at radius 2 is 2.24 bits per heavy atom. The molecular weight excluding hydrogens is 217 g/mol. The van der Waals surface area contributed by atoms with Crippen molar-refractivity contribution in [3.8, 4) is 0 Å². The third kappa shape index (κ3) is 3.80. The molecule has 1 aromatic rings. The first kappa shape index (κ1) is 14.2. The Morgan fingerprint density at radius 1 is 1.53 bits per heavy atom. The fraction of sp³-hybridized carbons (Fsp3) is 0.769. The molecule has 3 nitrogen and oxygen atoms in total. The smallest absolute Gasteiger partial charge is 0.128 e. The highest BCUT2D eigenvalue weighted by Crippen LogP contribution is 2.22. The predicted octanol–water partition coefficient (Wildman–Crippen LogP) is 2.86. The second kappa shape index (κ2) is 6.15. The molecule has 17 heavy (non-hydrogen) atoms. The zero-order valence-corrected chi connectivity index (χ0v) is 11.1. The van der Waals surface area contributed by atoms with E-state index in [1.165, 1.54) is 0 Å². The van der Waals surface area contributed by atoms with Crippen molar-refractivity contribution in [2.24, 2.45) is 5.73 Å². The van der Waals surface area contributed by atoms with E-state index in [1.807, 2.05) is 23.9 Å². The van der Waals surface area contributed by atoms with Crippen LogP contribution < -0.4 is 5.73 Å². The average molecular weight is 241 g/mol. The van der Waals surface area contributed by atoms with E-state index in [1.54, 1.807) is 0 Å². The van der Waals surface area contributed by atoms with Gasteiger partial charge < -0.3 is 5.73 Å². The Hall–Kier alpha value is -0.900. The minimum Gasteiger partial charge on any atom is -0.328 e. The number of alkyl halides is 1. The van der Waals surface area contributed by atoms with Crippen molar-refractivity contribution in [3.63, 3.8) is 0 Å². The summed E-state index contributed by atoms with van der Waals surface area (Å²) in [4.78, 5) is 0. The molecule has 1 heterocycles. The quantitative estimate of drug-likeness (QED) is 0.797. The van der Waals surface area contributed by atoms with Crippen molar-refractivity contribution in [1.29, 1.82) is 0 Å². The number of aromatic nitrogens is 2. The summed E-state index contributed by atoms with van der Waals surface area (Å²) in [5.74, 6) is 0. The molecule has 0 fully saturated rings. The highest BCUT2D eigenvalue weighted by Gasteiger charge is 2.28. The molecule has 0 radical (unpaired) electrons. The maximum Gasteiger partial charge on any atom is 0.128 e. The van der Waals surface area contributed by atoms with Gasteiger partial charge in [-0.15, -0.1) is 0 Å². The van der Waals surface area contributed by atoms with E-state index in [2.05, 4.69) is 18.9 Å². The van der Waals surface area contributed by atoms with Crippen LogP contribution in [0.2, 0.25) is 0 Å². The summed E-state index contributed by atoms with van der Waals surface area (Å²) in [5.41, 5.74) is 5.02.